The molecule has 3 aromatic rings. The lowest BCUT2D eigenvalue weighted by atomic mass is 10.0. The second kappa shape index (κ2) is 14.1. The van der Waals surface area contributed by atoms with Gasteiger partial charge in [0.2, 0.25) is 11.8 Å². The molecule has 0 unspecified atom stereocenters. The van der Waals surface area contributed by atoms with Crippen LogP contribution >= 0.6 is 27.7 Å². The van der Waals surface area contributed by atoms with Crippen molar-refractivity contribution in [3.63, 3.8) is 0 Å². The molecule has 2 amide bonds. The van der Waals surface area contributed by atoms with Crippen molar-refractivity contribution in [1.29, 1.82) is 0 Å². The Kier molecular flexibility index (Phi) is 10.9. The number of nitrogens with zero attached hydrogens (tertiary/aromatic N) is 1. The summed E-state index contributed by atoms with van der Waals surface area (Å²) in [4.78, 5) is 29.8. The Morgan fingerprint density at radius 3 is 2.29 bits per heavy atom. The summed E-state index contributed by atoms with van der Waals surface area (Å²) in [6.45, 7) is 5.13. The van der Waals surface area contributed by atoms with Gasteiger partial charge in [-0.3, -0.25) is 9.59 Å². The fourth-order valence-corrected chi connectivity index (χ4v) is 4.76. The number of carbonyl (C=O) groups excluding carboxylic acids is 2. The molecule has 1 N–H and O–H groups in total. The van der Waals surface area contributed by atoms with Crippen molar-refractivity contribution >= 4 is 39.5 Å². The molecule has 184 valence electrons. The van der Waals surface area contributed by atoms with Gasteiger partial charge in [0.05, 0.1) is 5.75 Å². The monoisotopic (exact) mass is 552 g/mol. The number of nitrogens with one attached hydrogen (secondary N) is 1. The number of rotatable bonds is 12. The molecule has 0 saturated heterocycles. The summed E-state index contributed by atoms with van der Waals surface area (Å²) in [7, 11) is 0. The third-order valence-electron chi connectivity index (χ3n) is 5.75. The minimum atomic E-state index is -0.593. The topological polar surface area (TPSA) is 49.4 Å². The Bertz CT molecular complexity index is 1070. The van der Waals surface area contributed by atoms with Crippen molar-refractivity contribution < 1.29 is 9.59 Å². The van der Waals surface area contributed by atoms with Gasteiger partial charge in [0, 0.05) is 28.9 Å². The number of hydrogen-bond donors (Lipinski definition) is 1. The van der Waals surface area contributed by atoms with Crippen LogP contribution in [0.5, 0.6) is 0 Å². The van der Waals surface area contributed by atoms with Gasteiger partial charge in [-0.05, 0) is 48.7 Å². The molecule has 3 rings (SSSR count). The number of benzene rings is 3. The van der Waals surface area contributed by atoms with Crippen molar-refractivity contribution in [2.24, 2.45) is 0 Å². The first kappa shape index (κ1) is 27.0. The Morgan fingerprint density at radius 2 is 1.63 bits per heavy atom. The van der Waals surface area contributed by atoms with E-state index in [0.29, 0.717) is 19.5 Å². The Hall–Kier alpha value is -2.57. The van der Waals surface area contributed by atoms with Crippen LogP contribution in [0.3, 0.4) is 0 Å². The Morgan fingerprint density at radius 1 is 0.943 bits per heavy atom. The van der Waals surface area contributed by atoms with Gasteiger partial charge in [-0.1, -0.05) is 89.4 Å². The molecule has 1 atom stereocenters. The quantitative estimate of drug-likeness (QED) is 0.209. The summed E-state index contributed by atoms with van der Waals surface area (Å²) in [5.41, 5.74) is 3.20. The molecule has 0 radical (unpaired) electrons. The van der Waals surface area contributed by atoms with Gasteiger partial charge in [0.15, 0.2) is 0 Å². The number of thioether (sulfide) groups is 1. The second-order valence-electron chi connectivity index (χ2n) is 8.60. The molecule has 0 aromatic heterocycles. The van der Waals surface area contributed by atoms with Crippen LogP contribution < -0.4 is 5.32 Å². The molecule has 0 aliphatic carbocycles. The van der Waals surface area contributed by atoms with E-state index in [-0.39, 0.29) is 17.6 Å². The average Bonchev–Trinajstić information content (AvgIpc) is 2.87. The Balaban J connectivity index is 1.86. The van der Waals surface area contributed by atoms with Crippen LogP contribution in [0.25, 0.3) is 0 Å². The molecule has 0 spiro atoms. The highest BCUT2D eigenvalue weighted by Crippen LogP contribution is 2.22. The Labute approximate surface area is 221 Å². The van der Waals surface area contributed by atoms with E-state index in [1.54, 1.807) is 4.90 Å². The SMILES string of the molecule is CCCCNC(=O)[C@@H](Cc1ccccc1)N(Cc1ccc(Br)cc1)C(=O)CSc1ccc(C)cc1. The number of aryl methyl sites for hydroxylation is 1. The largest absolute Gasteiger partial charge is 0.354 e. The second-order valence-corrected chi connectivity index (χ2v) is 10.6. The van der Waals surface area contributed by atoms with E-state index in [1.807, 2.05) is 85.8 Å². The fraction of sp³-hybridized carbons (Fsp3) is 0.310. The number of amides is 2. The van der Waals surface area contributed by atoms with Crippen LogP contribution in [0.2, 0.25) is 0 Å². The van der Waals surface area contributed by atoms with E-state index in [2.05, 4.69) is 28.2 Å². The normalized spacial score (nSPS) is 11.6. The van der Waals surface area contributed by atoms with Crippen molar-refractivity contribution in [2.75, 3.05) is 12.3 Å². The zero-order valence-corrected chi connectivity index (χ0v) is 22.8. The van der Waals surface area contributed by atoms with Crippen LogP contribution in [0.1, 0.15) is 36.5 Å². The van der Waals surface area contributed by atoms with Gasteiger partial charge in [-0.15, -0.1) is 11.8 Å². The summed E-state index contributed by atoms with van der Waals surface area (Å²) in [5, 5.41) is 3.07. The van der Waals surface area contributed by atoms with Gasteiger partial charge < -0.3 is 10.2 Å². The highest BCUT2D eigenvalue weighted by Gasteiger charge is 2.30. The number of halogens is 1. The van der Waals surface area contributed by atoms with Crippen LogP contribution in [-0.2, 0) is 22.6 Å². The molecule has 4 nitrogen and oxygen atoms in total. The van der Waals surface area contributed by atoms with Crippen LogP contribution in [-0.4, -0.2) is 35.1 Å². The molecule has 0 aliphatic heterocycles. The first-order valence-corrected chi connectivity index (χ1v) is 13.8. The molecule has 3 aromatic carbocycles. The summed E-state index contributed by atoms with van der Waals surface area (Å²) < 4.78 is 0.979. The van der Waals surface area contributed by atoms with Crippen LogP contribution in [0.15, 0.2) is 88.2 Å². The molecule has 35 heavy (non-hydrogen) atoms. The molecular weight excluding hydrogens is 520 g/mol. The van der Waals surface area contributed by atoms with E-state index in [1.165, 1.54) is 17.3 Å². The van der Waals surface area contributed by atoms with Crippen molar-refractivity contribution in [1.82, 2.24) is 10.2 Å². The molecule has 0 fully saturated rings. The van der Waals surface area contributed by atoms with Gasteiger partial charge in [-0.25, -0.2) is 0 Å². The maximum Gasteiger partial charge on any atom is 0.243 e. The number of carbonyl (C=O) groups is 2. The van der Waals surface area contributed by atoms with E-state index in [9.17, 15) is 9.59 Å². The lowest BCUT2D eigenvalue weighted by Gasteiger charge is -2.31. The highest BCUT2D eigenvalue weighted by atomic mass is 79.9. The van der Waals surface area contributed by atoms with Crippen molar-refractivity contribution in [3.8, 4) is 0 Å². The van der Waals surface area contributed by atoms with Gasteiger partial charge in [-0.2, -0.15) is 0 Å². The third kappa shape index (κ3) is 8.86. The minimum Gasteiger partial charge on any atom is -0.354 e. The van der Waals surface area contributed by atoms with E-state index in [0.717, 1.165) is 33.3 Å². The predicted octanol–water partition coefficient (Wildman–Crippen LogP) is 6.41. The fourth-order valence-electron chi connectivity index (χ4n) is 3.71. The van der Waals surface area contributed by atoms with Crippen LogP contribution in [0, 0.1) is 6.92 Å². The molecule has 0 heterocycles. The third-order valence-corrected chi connectivity index (χ3v) is 7.28. The molecular formula is C29H33BrN2O2S. The smallest absolute Gasteiger partial charge is 0.243 e. The average molecular weight is 554 g/mol. The lowest BCUT2D eigenvalue weighted by Crippen LogP contribution is -2.51. The summed E-state index contributed by atoms with van der Waals surface area (Å²) in [6, 6.07) is 25.4. The number of hydrogen-bond acceptors (Lipinski definition) is 3. The van der Waals surface area contributed by atoms with Gasteiger partial charge in [0.25, 0.3) is 0 Å². The molecule has 0 aliphatic rings. The predicted molar refractivity (Wildman–Crippen MR) is 148 cm³/mol. The standard InChI is InChI=1S/C29H33BrN2O2S/c1-3-4-18-31-29(34)27(19-23-8-6-5-7-9-23)32(20-24-12-14-25(30)15-13-24)28(33)21-35-26-16-10-22(2)11-17-26/h5-17,27H,3-4,18-21H2,1-2H3,(H,31,34)/t27-/m1/s1. The lowest BCUT2D eigenvalue weighted by molar-refractivity contribution is -0.139. The maximum atomic E-state index is 13.6. The summed E-state index contributed by atoms with van der Waals surface area (Å²) in [6.07, 6.45) is 2.38. The molecule has 0 bridgehead atoms. The van der Waals surface area contributed by atoms with E-state index < -0.39 is 6.04 Å². The van der Waals surface area contributed by atoms with E-state index >= 15 is 0 Å². The van der Waals surface area contributed by atoms with Crippen molar-refractivity contribution in [2.45, 2.75) is 50.6 Å². The zero-order chi connectivity index (χ0) is 25.0. The van der Waals surface area contributed by atoms with E-state index in [4.69, 9.17) is 0 Å². The zero-order valence-electron chi connectivity index (χ0n) is 20.4. The minimum absolute atomic E-state index is 0.0509. The van der Waals surface area contributed by atoms with Crippen molar-refractivity contribution in [3.05, 3.63) is 100 Å². The summed E-state index contributed by atoms with van der Waals surface area (Å²) in [5.74, 6) is 0.116. The summed E-state index contributed by atoms with van der Waals surface area (Å²) >= 11 is 4.99. The first-order valence-electron chi connectivity index (χ1n) is 12.0. The van der Waals surface area contributed by atoms with Gasteiger partial charge in [0.1, 0.15) is 6.04 Å². The molecule has 0 saturated carbocycles. The highest BCUT2D eigenvalue weighted by molar-refractivity contribution is 9.10. The van der Waals surface area contributed by atoms with Gasteiger partial charge >= 0.3 is 0 Å². The number of unbranched alkanes of at least 4 members (excludes halogenated alkanes) is 1. The van der Waals surface area contributed by atoms with Crippen LogP contribution in [0.4, 0.5) is 0 Å². The maximum absolute atomic E-state index is 13.6. The first-order chi connectivity index (χ1) is 17.0. The molecule has 6 heteroatoms.